The Kier molecular flexibility index (Phi) is 3.87. The molecular formula is C17H13ClF2N4O2. The number of pyridine rings is 2. The number of alkyl halides is 2. The average Bonchev–Trinajstić information content (AvgIpc) is 3.21. The molecule has 0 bridgehead atoms. The molecule has 1 fully saturated rings. The highest BCUT2D eigenvalue weighted by Crippen LogP contribution is 2.49. The SMILES string of the molecule is O=c1nc2n(Cc3ccc(Cl)nc3)cccc-2c(=O)n1CC1CC1(F)F. The molecule has 2 aliphatic heterocycles. The van der Waals surface area contributed by atoms with Crippen molar-refractivity contribution in [3.63, 3.8) is 0 Å². The molecule has 0 radical (unpaired) electrons. The Bertz CT molecular complexity index is 1060. The van der Waals surface area contributed by atoms with Crippen molar-refractivity contribution in [1.29, 1.82) is 0 Å². The molecule has 1 aromatic heterocycles. The topological polar surface area (TPSA) is 69.8 Å². The van der Waals surface area contributed by atoms with E-state index >= 15 is 0 Å². The van der Waals surface area contributed by atoms with Gasteiger partial charge in [-0.05, 0) is 23.8 Å². The van der Waals surface area contributed by atoms with E-state index in [9.17, 15) is 18.4 Å². The van der Waals surface area contributed by atoms with Gasteiger partial charge in [0, 0.05) is 31.3 Å². The van der Waals surface area contributed by atoms with Gasteiger partial charge in [0.05, 0.1) is 12.1 Å². The normalized spacial score (nSPS) is 18.2. The molecule has 3 aliphatic rings. The van der Waals surface area contributed by atoms with E-state index in [2.05, 4.69) is 9.97 Å². The summed E-state index contributed by atoms with van der Waals surface area (Å²) in [5.41, 5.74) is -0.411. The minimum absolute atomic E-state index is 0.205. The van der Waals surface area contributed by atoms with Crippen LogP contribution in [0.15, 0.2) is 46.2 Å². The first-order valence-corrected chi connectivity index (χ1v) is 8.31. The standard InChI is InChI=1S/C17H13ClF2N4O2/c18-13-4-3-10(7-21-13)8-23-5-1-2-12-14(23)22-16(26)24(15(12)25)9-11-6-17(11,19)20/h1-5,7,11H,6,8-9H2. The fourth-order valence-electron chi connectivity index (χ4n) is 2.89. The number of hydrogen-bond acceptors (Lipinski definition) is 4. The van der Waals surface area contributed by atoms with Crippen molar-refractivity contribution in [2.75, 3.05) is 0 Å². The lowest BCUT2D eigenvalue weighted by Gasteiger charge is -2.15. The summed E-state index contributed by atoms with van der Waals surface area (Å²) in [6.07, 6.45) is 2.96. The molecule has 0 saturated heterocycles. The zero-order valence-corrected chi connectivity index (χ0v) is 14.2. The molecule has 9 heteroatoms. The maximum absolute atomic E-state index is 13.1. The van der Waals surface area contributed by atoms with E-state index in [1.165, 1.54) is 6.07 Å². The van der Waals surface area contributed by atoms with Crippen molar-refractivity contribution in [3.05, 3.63) is 68.2 Å². The number of aromatic nitrogens is 4. The van der Waals surface area contributed by atoms with Crippen LogP contribution in [0, 0.1) is 5.92 Å². The molecule has 1 aliphatic carbocycles. The number of hydrogen-bond donors (Lipinski definition) is 0. The fourth-order valence-corrected chi connectivity index (χ4v) is 3.00. The van der Waals surface area contributed by atoms with Crippen LogP contribution in [0.4, 0.5) is 8.78 Å². The lowest BCUT2D eigenvalue weighted by atomic mass is 10.2. The molecule has 1 aromatic rings. The minimum Gasteiger partial charge on any atom is -0.328 e. The van der Waals surface area contributed by atoms with Crippen LogP contribution in [0.1, 0.15) is 12.0 Å². The van der Waals surface area contributed by atoms with Crippen LogP contribution in [0.2, 0.25) is 5.15 Å². The summed E-state index contributed by atoms with van der Waals surface area (Å²) in [5.74, 6) is -3.58. The van der Waals surface area contributed by atoms with Gasteiger partial charge < -0.3 is 4.57 Å². The van der Waals surface area contributed by atoms with Crippen molar-refractivity contribution < 1.29 is 8.78 Å². The molecule has 1 unspecified atom stereocenters. The average molecular weight is 379 g/mol. The lowest BCUT2D eigenvalue weighted by molar-refractivity contribution is 0.0946. The van der Waals surface area contributed by atoms with Crippen LogP contribution in [0.25, 0.3) is 11.4 Å². The Morgan fingerprint density at radius 2 is 2.04 bits per heavy atom. The Labute approximate surface area is 151 Å². The zero-order chi connectivity index (χ0) is 18.5. The quantitative estimate of drug-likeness (QED) is 0.653. The van der Waals surface area contributed by atoms with Gasteiger partial charge >= 0.3 is 5.69 Å². The number of rotatable bonds is 4. The summed E-state index contributed by atoms with van der Waals surface area (Å²) in [4.78, 5) is 32.8. The molecule has 0 N–H and O–H groups in total. The van der Waals surface area contributed by atoms with E-state index in [0.717, 1.165) is 10.1 Å². The summed E-state index contributed by atoms with van der Waals surface area (Å²) in [6.45, 7) is 0.0156. The highest BCUT2D eigenvalue weighted by Gasteiger charge is 2.57. The first-order valence-electron chi connectivity index (χ1n) is 7.93. The maximum atomic E-state index is 13.1. The van der Waals surface area contributed by atoms with Crippen molar-refractivity contribution in [1.82, 2.24) is 19.1 Å². The van der Waals surface area contributed by atoms with Gasteiger partial charge in [0.1, 0.15) is 5.15 Å². The van der Waals surface area contributed by atoms with Gasteiger partial charge in [0.2, 0.25) is 0 Å². The predicted molar refractivity (Wildman–Crippen MR) is 90.8 cm³/mol. The van der Waals surface area contributed by atoms with Crippen LogP contribution in [0.3, 0.4) is 0 Å². The van der Waals surface area contributed by atoms with E-state index in [-0.39, 0.29) is 24.4 Å². The van der Waals surface area contributed by atoms with E-state index in [1.807, 2.05) is 0 Å². The third kappa shape index (κ3) is 3.01. The van der Waals surface area contributed by atoms with Crippen molar-refractivity contribution in [3.8, 4) is 11.4 Å². The summed E-state index contributed by atoms with van der Waals surface area (Å²) in [6, 6.07) is 6.59. The zero-order valence-electron chi connectivity index (χ0n) is 13.4. The van der Waals surface area contributed by atoms with Gasteiger partial charge in [0.15, 0.2) is 5.82 Å². The fraction of sp³-hybridized carbons (Fsp3) is 0.294. The molecular weight excluding hydrogens is 366 g/mol. The molecule has 1 saturated carbocycles. The molecule has 4 rings (SSSR count). The lowest BCUT2D eigenvalue weighted by Crippen LogP contribution is -2.38. The van der Waals surface area contributed by atoms with Gasteiger partial charge in [-0.3, -0.25) is 9.36 Å². The van der Waals surface area contributed by atoms with Gasteiger partial charge in [-0.1, -0.05) is 17.7 Å². The molecule has 134 valence electrons. The van der Waals surface area contributed by atoms with Crippen molar-refractivity contribution in [2.24, 2.45) is 5.92 Å². The van der Waals surface area contributed by atoms with E-state index in [0.29, 0.717) is 11.7 Å². The molecule has 0 spiro atoms. The van der Waals surface area contributed by atoms with E-state index < -0.39 is 23.1 Å². The van der Waals surface area contributed by atoms with Crippen LogP contribution in [-0.4, -0.2) is 25.0 Å². The Hall–Kier alpha value is -2.61. The summed E-state index contributed by atoms with van der Waals surface area (Å²) < 4.78 is 28.7. The number of halogens is 3. The molecule has 0 aromatic carbocycles. The molecule has 26 heavy (non-hydrogen) atoms. The van der Waals surface area contributed by atoms with Gasteiger partial charge in [-0.15, -0.1) is 0 Å². The second kappa shape index (κ2) is 5.98. The predicted octanol–water partition coefficient (Wildman–Crippen LogP) is 2.26. The van der Waals surface area contributed by atoms with Crippen molar-refractivity contribution in [2.45, 2.75) is 25.4 Å². The largest absolute Gasteiger partial charge is 0.352 e. The van der Waals surface area contributed by atoms with Crippen LogP contribution >= 0.6 is 11.6 Å². The molecule has 0 amide bonds. The van der Waals surface area contributed by atoms with Gasteiger partial charge in [-0.25, -0.2) is 18.6 Å². The second-order valence-electron chi connectivity index (χ2n) is 6.33. The molecule has 3 heterocycles. The summed E-state index contributed by atoms with van der Waals surface area (Å²) >= 11 is 5.77. The first-order chi connectivity index (χ1) is 12.3. The summed E-state index contributed by atoms with van der Waals surface area (Å²) in [5, 5.41) is 0.358. The third-order valence-electron chi connectivity index (χ3n) is 4.45. The molecule has 6 nitrogen and oxygen atoms in total. The smallest absolute Gasteiger partial charge is 0.328 e. The Balaban J connectivity index is 1.74. The van der Waals surface area contributed by atoms with Gasteiger partial charge in [0.25, 0.3) is 11.5 Å². The first kappa shape index (κ1) is 16.8. The Morgan fingerprint density at radius 3 is 2.69 bits per heavy atom. The van der Waals surface area contributed by atoms with Gasteiger partial charge in [-0.2, -0.15) is 4.98 Å². The van der Waals surface area contributed by atoms with Crippen LogP contribution < -0.4 is 11.2 Å². The highest BCUT2D eigenvalue weighted by molar-refractivity contribution is 6.29. The Morgan fingerprint density at radius 1 is 1.27 bits per heavy atom. The molecule has 1 atom stereocenters. The third-order valence-corrected chi connectivity index (χ3v) is 4.67. The monoisotopic (exact) mass is 378 g/mol. The maximum Gasteiger partial charge on any atom is 0.352 e. The van der Waals surface area contributed by atoms with Crippen LogP contribution in [0.5, 0.6) is 0 Å². The second-order valence-corrected chi connectivity index (χ2v) is 6.72. The highest BCUT2D eigenvalue weighted by atomic mass is 35.5. The number of nitrogens with zero attached hydrogens (tertiary/aromatic N) is 4. The van der Waals surface area contributed by atoms with E-state index in [1.54, 1.807) is 35.2 Å². The number of fused-ring (bicyclic) bond motifs is 1. The van der Waals surface area contributed by atoms with Crippen LogP contribution in [-0.2, 0) is 13.1 Å². The minimum atomic E-state index is -2.81. The van der Waals surface area contributed by atoms with E-state index in [4.69, 9.17) is 11.6 Å². The summed E-state index contributed by atoms with van der Waals surface area (Å²) in [7, 11) is 0. The van der Waals surface area contributed by atoms with Crippen molar-refractivity contribution >= 4 is 11.6 Å².